The molecule has 2 heterocycles. The molecule has 3 N–H and O–H groups in total. The Hall–Kier alpha value is -2.89. The number of aromatic nitrogens is 3. The number of nitrogens with one attached hydrogen (secondary N) is 1. The molecule has 1 unspecified atom stereocenters. The molecule has 0 amide bonds. The number of nitrogen functional groups attached to an aromatic ring is 1. The van der Waals surface area contributed by atoms with Crippen molar-refractivity contribution < 1.29 is 4.74 Å². The highest BCUT2D eigenvalue weighted by molar-refractivity contribution is 5.91. The van der Waals surface area contributed by atoms with Gasteiger partial charge >= 0.3 is 0 Å². The Morgan fingerprint density at radius 1 is 1.18 bits per heavy atom. The van der Waals surface area contributed by atoms with Crippen LogP contribution in [0, 0.1) is 0 Å². The van der Waals surface area contributed by atoms with Gasteiger partial charge < -0.3 is 15.8 Å². The van der Waals surface area contributed by atoms with Gasteiger partial charge in [-0.15, -0.1) is 0 Å². The molecule has 6 nitrogen and oxygen atoms in total. The van der Waals surface area contributed by atoms with Crippen molar-refractivity contribution in [3.63, 3.8) is 0 Å². The maximum Gasteiger partial charge on any atom is 0.222 e. The second-order valence-corrected chi connectivity index (χ2v) is 4.93. The summed E-state index contributed by atoms with van der Waals surface area (Å²) in [6, 6.07) is 11.4. The number of nitrogens with two attached hydrogens (primary N) is 1. The highest BCUT2D eigenvalue weighted by Gasteiger charge is 2.12. The van der Waals surface area contributed by atoms with E-state index in [9.17, 15) is 0 Å². The molecule has 0 saturated carbocycles. The molecule has 0 saturated heterocycles. The van der Waals surface area contributed by atoms with Crippen LogP contribution in [-0.2, 0) is 0 Å². The number of hydrogen-bond acceptors (Lipinski definition) is 6. The molecular formula is C16H17N5O. The van der Waals surface area contributed by atoms with Crippen LogP contribution in [0.1, 0.15) is 18.7 Å². The van der Waals surface area contributed by atoms with Gasteiger partial charge in [-0.1, -0.05) is 6.07 Å². The summed E-state index contributed by atoms with van der Waals surface area (Å²) in [5, 5.41) is 4.23. The molecule has 0 bridgehead atoms. The van der Waals surface area contributed by atoms with Crippen LogP contribution in [0.15, 0.2) is 42.6 Å². The van der Waals surface area contributed by atoms with Crippen molar-refractivity contribution in [2.75, 3.05) is 18.2 Å². The van der Waals surface area contributed by atoms with Gasteiger partial charge in [0.1, 0.15) is 11.6 Å². The van der Waals surface area contributed by atoms with Crippen LogP contribution in [-0.4, -0.2) is 22.1 Å². The fourth-order valence-corrected chi connectivity index (χ4v) is 2.28. The lowest BCUT2D eigenvalue weighted by atomic mass is 10.2. The molecule has 0 aliphatic heterocycles. The van der Waals surface area contributed by atoms with E-state index in [0.29, 0.717) is 5.82 Å². The number of rotatable bonds is 4. The minimum Gasteiger partial charge on any atom is -0.497 e. The number of pyridine rings is 1. The third kappa shape index (κ3) is 2.76. The van der Waals surface area contributed by atoms with Crippen LogP contribution in [0.5, 0.6) is 5.75 Å². The minimum absolute atomic E-state index is 0.000742. The monoisotopic (exact) mass is 295 g/mol. The summed E-state index contributed by atoms with van der Waals surface area (Å²) in [6.07, 6.45) is 1.77. The lowest BCUT2D eigenvalue weighted by Gasteiger charge is -2.16. The Balaban J connectivity index is 1.99. The van der Waals surface area contributed by atoms with Crippen LogP contribution in [0.3, 0.4) is 0 Å². The lowest BCUT2D eigenvalue weighted by molar-refractivity contribution is 0.415. The largest absolute Gasteiger partial charge is 0.497 e. The van der Waals surface area contributed by atoms with E-state index in [0.717, 1.165) is 22.3 Å². The molecule has 3 rings (SSSR count). The summed E-state index contributed by atoms with van der Waals surface area (Å²) in [5.41, 5.74) is 7.48. The number of ether oxygens (including phenoxy) is 1. The van der Waals surface area contributed by atoms with E-state index >= 15 is 0 Å². The second kappa shape index (κ2) is 5.85. The van der Waals surface area contributed by atoms with Crippen molar-refractivity contribution in [2.45, 2.75) is 13.0 Å². The van der Waals surface area contributed by atoms with Gasteiger partial charge in [0.05, 0.1) is 24.4 Å². The third-order valence-electron chi connectivity index (χ3n) is 3.41. The molecular weight excluding hydrogens is 278 g/mol. The van der Waals surface area contributed by atoms with Crippen molar-refractivity contribution in [1.82, 2.24) is 15.0 Å². The summed E-state index contributed by atoms with van der Waals surface area (Å²) in [6.45, 7) is 2.02. The molecule has 0 fully saturated rings. The van der Waals surface area contributed by atoms with E-state index in [-0.39, 0.29) is 12.0 Å². The zero-order valence-corrected chi connectivity index (χ0v) is 12.4. The maximum atomic E-state index is 5.81. The molecule has 22 heavy (non-hydrogen) atoms. The third-order valence-corrected chi connectivity index (χ3v) is 3.41. The van der Waals surface area contributed by atoms with E-state index in [1.807, 2.05) is 43.3 Å². The van der Waals surface area contributed by atoms with Gasteiger partial charge in [-0.25, -0.2) is 4.98 Å². The molecule has 0 radical (unpaired) electrons. The van der Waals surface area contributed by atoms with Crippen molar-refractivity contribution >= 4 is 22.7 Å². The molecule has 0 aliphatic rings. The number of benzene rings is 1. The molecule has 3 aromatic rings. The Bertz CT molecular complexity index is 791. The Kier molecular flexibility index (Phi) is 3.74. The number of methoxy groups -OCH3 is 1. The summed E-state index contributed by atoms with van der Waals surface area (Å²) >= 11 is 0. The van der Waals surface area contributed by atoms with Crippen LogP contribution in [0.4, 0.5) is 11.8 Å². The summed E-state index contributed by atoms with van der Waals surface area (Å²) in [7, 11) is 1.62. The van der Waals surface area contributed by atoms with Crippen LogP contribution in [0.2, 0.25) is 0 Å². The smallest absolute Gasteiger partial charge is 0.222 e. The molecule has 0 aliphatic carbocycles. The average molecular weight is 295 g/mol. The summed E-state index contributed by atoms with van der Waals surface area (Å²) in [4.78, 5) is 12.9. The van der Waals surface area contributed by atoms with Gasteiger partial charge in [-0.3, -0.25) is 4.98 Å². The van der Waals surface area contributed by atoms with Gasteiger partial charge in [-0.2, -0.15) is 4.98 Å². The van der Waals surface area contributed by atoms with Crippen molar-refractivity contribution in [2.24, 2.45) is 0 Å². The number of fused-ring (bicyclic) bond motifs is 1. The zero-order chi connectivity index (χ0) is 15.5. The van der Waals surface area contributed by atoms with E-state index in [1.54, 1.807) is 13.3 Å². The first-order valence-electron chi connectivity index (χ1n) is 6.96. The molecule has 1 atom stereocenters. The Labute approximate surface area is 128 Å². The van der Waals surface area contributed by atoms with Crippen LogP contribution in [0.25, 0.3) is 10.9 Å². The molecule has 6 heteroatoms. The normalized spacial score (nSPS) is 12.1. The SMILES string of the molecule is COc1ccc2c(NC(C)c3ccccn3)nc(N)nc2c1. The van der Waals surface area contributed by atoms with Crippen LogP contribution < -0.4 is 15.8 Å². The number of nitrogens with zero attached hydrogens (tertiary/aromatic N) is 3. The highest BCUT2D eigenvalue weighted by Crippen LogP contribution is 2.27. The minimum atomic E-state index is 0.000742. The summed E-state index contributed by atoms with van der Waals surface area (Å²) < 4.78 is 5.22. The van der Waals surface area contributed by atoms with E-state index in [4.69, 9.17) is 10.5 Å². The second-order valence-electron chi connectivity index (χ2n) is 4.93. The quantitative estimate of drug-likeness (QED) is 0.769. The van der Waals surface area contributed by atoms with Gasteiger partial charge in [0.15, 0.2) is 0 Å². The van der Waals surface area contributed by atoms with Gasteiger partial charge in [0.2, 0.25) is 5.95 Å². The van der Waals surface area contributed by atoms with E-state index in [2.05, 4.69) is 20.3 Å². The average Bonchev–Trinajstić information content (AvgIpc) is 2.54. The predicted molar refractivity (Wildman–Crippen MR) is 86.8 cm³/mol. The van der Waals surface area contributed by atoms with Crippen molar-refractivity contribution in [1.29, 1.82) is 0 Å². The Morgan fingerprint density at radius 3 is 2.77 bits per heavy atom. The van der Waals surface area contributed by atoms with E-state index in [1.165, 1.54) is 0 Å². The van der Waals surface area contributed by atoms with Crippen molar-refractivity contribution in [3.8, 4) is 5.75 Å². The maximum absolute atomic E-state index is 5.81. The van der Waals surface area contributed by atoms with E-state index < -0.39 is 0 Å². The summed E-state index contributed by atoms with van der Waals surface area (Å²) in [5.74, 6) is 1.63. The van der Waals surface area contributed by atoms with Crippen LogP contribution >= 0.6 is 0 Å². The lowest BCUT2D eigenvalue weighted by Crippen LogP contribution is -2.11. The van der Waals surface area contributed by atoms with Crippen molar-refractivity contribution in [3.05, 3.63) is 48.3 Å². The fourth-order valence-electron chi connectivity index (χ4n) is 2.28. The zero-order valence-electron chi connectivity index (χ0n) is 12.4. The topological polar surface area (TPSA) is 86.0 Å². The van der Waals surface area contributed by atoms with Gasteiger partial charge in [-0.05, 0) is 31.2 Å². The number of anilines is 2. The molecule has 2 aromatic heterocycles. The molecule has 112 valence electrons. The first kappa shape index (κ1) is 14.1. The highest BCUT2D eigenvalue weighted by atomic mass is 16.5. The molecule has 1 aromatic carbocycles. The Morgan fingerprint density at radius 2 is 2.05 bits per heavy atom. The fraction of sp³-hybridized carbons (Fsp3) is 0.188. The molecule has 0 spiro atoms. The van der Waals surface area contributed by atoms with Gasteiger partial charge in [0.25, 0.3) is 0 Å². The predicted octanol–water partition coefficient (Wildman–Crippen LogP) is 2.79. The van der Waals surface area contributed by atoms with Gasteiger partial charge in [0, 0.05) is 17.6 Å². The first-order valence-corrected chi connectivity index (χ1v) is 6.96. The number of hydrogen-bond donors (Lipinski definition) is 2. The standard InChI is InChI=1S/C16H17N5O/c1-10(13-5-3-4-8-18-13)19-15-12-7-6-11(22-2)9-14(12)20-16(17)21-15/h3-10H,1-2H3,(H3,17,19,20,21). The first-order chi connectivity index (χ1) is 10.7.